The molecule has 0 saturated heterocycles. The van der Waals surface area contributed by atoms with Gasteiger partial charge in [0.25, 0.3) is 0 Å². The molecule has 0 saturated carbocycles. The zero-order valence-corrected chi connectivity index (χ0v) is 34.8. The quantitative estimate of drug-likeness (QED) is 0.150. The van der Waals surface area contributed by atoms with Crippen LogP contribution in [0.2, 0.25) is 0 Å². The number of allylic oxidation sites excluding steroid dienone is 4. The van der Waals surface area contributed by atoms with Crippen LogP contribution < -0.4 is 18.9 Å². The minimum Gasteiger partial charge on any atom is -0.449 e. The number of ether oxygens (including phenoxy) is 4. The van der Waals surface area contributed by atoms with Crippen molar-refractivity contribution in [1.29, 1.82) is 0 Å². The first kappa shape index (κ1) is 37.8. The molecule has 0 unspecified atom stereocenters. The van der Waals surface area contributed by atoms with Crippen molar-refractivity contribution in [3.63, 3.8) is 0 Å². The van der Waals surface area contributed by atoms with Gasteiger partial charge in [-0.1, -0.05) is 148 Å². The normalized spacial score (nSPS) is 13.8. The second-order valence-corrected chi connectivity index (χ2v) is 16.5. The van der Waals surface area contributed by atoms with E-state index in [2.05, 4.69) is 93.7 Å². The van der Waals surface area contributed by atoms with Crippen molar-refractivity contribution in [3.05, 3.63) is 223 Å². The maximum atomic E-state index is 13.8. The Morgan fingerprint density at radius 3 is 1.67 bits per heavy atom. The molecule has 1 aliphatic carbocycles. The molecular weight excluding hydrogens is 777 g/mol. The SMILES string of the molecule is C=C/C=C(\C=C)c1cccc2c1Oc1ccc(-c3cc(-c4ccc5c(c4)Oc4cccc(-c6ccccc6)c4O5)cc(-c4ccc5c(c4)C(C)(C)c4ccccc4C5=O)c3)cc1O2. The molecule has 0 spiro atoms. The van der Waals surface area contributed by atoms with Crippen LogP contribution in [0.3, 0.4) is 0 Å². The molecule has 2 heterocycles. The third-order valence-electron chi connectivity index (χ3n) is 12.3. The summed E-state index contributed by atoms with van der Waals surface area (Å²) in [6, 6.07) is 54.9. The van der Waals surface area contributed by atoms with Crippen LogP contribution in [0.1, 0.15) is 46.5 Å². The molecule has 63 heavy (non-hydrogen) atoms. The summed E-state index contributed by atoms with van der Waals surface area (Å²) in [6.07, 6.45) is 5.42. The highest BCUT2D eigenvalue weighted by molar-refractivity contribution is 6.13. The molecule has 0 N–H and O–H groups in total. The van der Waals surface area contributed by atoms with Crippen molar-refractivity contribution in [3.8, 4) is 90.5 Å². The lowest BCUT2D eigenvalue weighted by Crippen LogP contribution is -2.30. The summed E-state index contributed by atoms with van der Waals surface area (Å²) in [5, 5.41) is 0. The Bertz CT molecular complexity index is 3260. The standard InChI is InChI=1S/C58H40O5/c1-5-14-35(6-2)43-18-12-21-51-56(43)62-49-27-24-38(33-53(49)60-51)41-29-40(37-23-26-46-48(32-37)58(3,4)47-20-11-10-17-45(47)55(46)59)30-42(31-41)39-25-28-50-54(34-39)61-52-22-13-19-44(57(52)63-50)36-15-8-7-9-16-36/h5-34H,1-2H2,3-4H3/b35-14+. The fourth-order valence-electron chi connectivity index (χ4n) is 9.11. The van der Waals surface area contributed by atoms with Gasteiger partial charge in [-0.05, 0) is 116 Å². The van der Waals surface area contributed by atoms with Crippen molar-refractivity contribution >= 4 is 11.4 Å². The summed E-state index contributed by atoms with van der Waals surface area (Å²) in [7, 11) is 0. The van der Waals surface area contributed by atoms with Gasteiger partial charge in [-0.3, -0.25) is 4.79 Å². The summed E-state index contributed by atoms with van der Waals surface area (Å²) < 4.78 is 26.3. The Labute approximate surface area is 366 Å². The highest BCUT2D eigenvalue weighted by Crippen LogP contribution is 2.52. The molecule has 0 bridgehead atoms. The van der Waals surface area contributed by atoms with Gasteiger partial charge in [-0.2, -0.15) is 0 Å². The third-order valence-corrected chi connectivity index (χ3v) is 12.3. The van der Waals surface area contributed by atoms with Crippen LogP contribution in [0.5, 0.6) is 46.0 Å². The minimum atomic E-state index is -0.386. The molecule has 8 aromatic carbocycles. The number of hydrogen-bond acceptors (Lipinski definition) is 5. The van der Waals surface area contributed by atoms with Gasteiger partial charge in [0.2, 0.25) is 0 Å². The Kier molecular flexibility index (Phi) is 8.88. The lowest BCUT2D eigenvalue weighted by atomic mass is 9.68. The van der Waals surface area contributed by atoms with Crippen LogP contribution in [0.25, 0.3) is 50.1 Å². The first-order chi connectivity index (χ1) is 30.8. The Balaban J connectivity index is 1.02. The number of para-hydroxylation sites is 2. The van der Waals surface area contributed by atoms with E-state index >= 15 is 0 Å². The zero-order chi connectivity index (χ0) is 42.8. The fourth-order valence-corrected chi connectivity index (χ4v) is 9.11. The van der Waals surface area contributed by atoms with E-state index in [0.29, 0.717) is 46.0 Å². The monoisotopic (exact) mass is 816 g/mol. The number of fused-ring (bicyclic) bond motifs is 6. The molecule has 8 aromatic rings. The fraction of sp³-hybridized carbons (Fsp3) is 0.0517. The third kappa shape index (κ3) is 6.36. The van der Waals surface area contributed by atoms with Crippen LogP contribution in [0.4, 0.5) is 0 Å². The first-order valence-corrected chi connectivity index (χ1v) is 21.0. The molecule has 11 rings (SSSR count). The number of carbonyl (C=O) groups excluding carboxylic acids is 1. The summed E-state index contributed by atoms with van der Waals surface area (Å²) in [5.41, 5.74) is 12.8. The molecule has 302 valence electrons. The van der Waals surface area contributed by atoms with Gasteiger partial charge in [0, 0.05) is 27.7 Å². The van der Waals surface area contributed by atoms with Crippen LogP contribution in [-0.4, -0.2) is 5.78 Å². The van der Waals surface area contributed by atoms with Crippen LogP contribution in [0.15, 0.2) is 195 Å². The van der Waals surface area contributed by atoms with E-state index < -0.39 is 0 Å². The van der Waals surface area contributed by atoms with E-state index in [9.17, 15) is 4.79 Å². The number of carbonyl (C=O) groups is 1. The highest BCUT2D eigenvalue weighted by atomic mass is 16.6. The van der Waals surface area contributed by atoms with Gasteiger partial charge < -0.3 is 18.9 Å². The van der Waals surface area contributed by atoms with E-state index in [4.69, 9.17) is 18.9 Å². The minimum absolute atomic E-state index is 0.0528. The lowest BCUT2D eigenvalue weighted by Gasteiger charge is -2.34. The average Bonchev–Trinajstić information content (AvgIpc) is 3.33. The summed E-state index contributed by atoms with van der Waals surface area (Å²) in [6.45, 7) is 12.3. The predicted octanol–water partition coefficient (Wildman–Crippen LogP) is 15.8. The van der Waals surface area contributed by atoms with Crippen molar-refractivity contribution in [2.75, 3.05) is 0 Å². The van der Waals surface area contributed by atoms with Gasteiger partial charge in [0.15, 0.2) is 51.8 Å². The molecule has 0 fully saturated rings. The topological polar surface area (TPSA) is 54.0 Å². The van der Waals surface area contributed by atoms with E-state index in [-0.39, 0.29) is 11.2 Å². The molecule has 5 heteroatoms. The van der Waals surface area contributed by atoms with Crippen molar-refractivity contribution in [2.45, 2.75) is 19.3 Å². The Hall–Kier alpha value is -8.15. The Morgan fingerprint density at radius 1 is 0.444 bits per heavy atom. The average molecular weight is 817 g/mol. The molecular formula is C58H40O5. The highest BCUT2D eigenvalue weighted by Gasteiger charge is 2.37. The van der Waals surface area contributed by atoms with Gasteiger partial charge in [-0.25, -0.2) is 0 Å². The van der Waals surface area contributed by atoms with Crippen LogP contribution >= 0.6 is 0 Å². The molecule has 2 aliphatic heterocycles. The summed E-state index contributed by atoms with van der Waals surface area (Å²) in [5.74, 6) is 5.14. The van der Waals surface area contributed by atoms with Gasteiger partial charge in [0.1, 0.15) is 0 Å². The maximum Gasteiger partial charge on any atom is 0.193 e. The second kappa shape index (κ2) is 14.8. The molecule has 3 aliphatic rings. The van der Waals surface area contributed by atoms with Gasteiger partial charge in [0.05, 0.1) is 0 Å². The molecule has 0 amide bonds. The van der Waals surface area contributed by atoms with E-state index in [1.807, 2.05) is 103 Å². The molecule has 0 atom stereocenters. The Morgan fingerprint density at radius 2 is 1.00 bits per heavy atom. The predicted molar refractivity (Wildman–Crippen MR) is 252 cm³/mol. The molecule has 0 aromatic heterocycles. The lowest BCUT2D eigenvalue weighted by molar-refractivity contribution is 0.103. The summed E-state index contributed by atoms with van der Waals surface area (Å²) >= 11 is 0. The smallest absolute Gasteiger partial charge is 0.193 e. The first-order valence-electron chi connectivity index (χ1n) is 21.0. The zero-order valence-electron chi connectivity index (χ0n) is 34.8. The van der Waals surface area contributed by atoms with E-state index in [0.717, 1.165) is 77.9 Å². The molecule has 0 radical (unpaired) electrons. The largest absolute Gasteiger partial charge is 0.449 e. The number of ketones is 1. The van der Waals surface area contributed by atoms with Gasteiger partial charge in [-0.15, -0.1) is 0 Å². The maximum absolute atomic E-state index is 13.8. The van der Waals surface area contributed by atoms with E-state index in [1.165, 1.54) is 0 Å². The van der Waals surface area contributed by atoms with Crippen molar-refractivity contribution in [1.82, 2.24) is 0 Å². The van der Waals surface area contributed by atoms with Crippen molar-refractivity contribution in [2.24, 2.45) is 0 Å². The second-order valence-electron chi connectivity index (χ2n) is 16.5. The summed E-state index contributed by atoms with van der Waals surface area (Å²) in [4.78, 5) is 13.8. The van der Waals surface area contributed by atoms with Crippen molar-refractivity contribution < 1.29 is 23.7 Å². The number of benzene rings is 8. The van der Waals surface area contributed by atoms with E-state index in [1.54, 1.807) is 12.2 Å². The van der Waals surface area contributed by atoms with Crippen LogP contribution in [-0.2, 0) is 5.41 Å². The van der Waals surface area contributed by atoms with Gasteiger partial charge >= 0.3 is 0 Å². The molecule has 5 nitrogen and oxygen atoms in total. The van der Waals surface area contributed by atoms with Crippen LogP contribution in [0, 0.1) is 0 Å². The number of rotatable bonds is 7. The number of hydrogen-bond donors (Lipinski definition) is 0.